The largest absolute Gasteiger partial charge is 0.459 e. The van der Waals surface area contributed by atoms with Gasteiger partial charge in [-0.15, -0.1) is 0 Å². The van der Waals surface area contributed by atoms with E-state index in [-0.39, 0.29) is 36.4 Å². The smallest absolute Gasteiger partial charge is 0.319 e. The highest BCUT2D eigenvalue weighted by Gasteiger charge is 2.31. The lowest BCUT2D eigenvalue weighted by atomic mass is 9.98. The summed E-state index contributed by atoms with van der Waals surface area (Å²) in [6.07, 6.45) is 0.394. The number of benzene rings is 1. The van der Waals surface area contributed by atoms with Gasteiger partial charge in [-0.3, -0.25) is 4.79 Å². The maximum absolute atomic E-state index is 13.6. The summed E-state index contributed by atoms with van der Waals surface area (Å²) in [6.45, 7) is 5.87. The zero-order valence-corrected chi connectivity index (χ0v) is 18.0. The number of likely N-dealkylation sites (tertiary alicyclic amines) is 1. The van der Waals surface area contributed by atoms with E-state index in [9.17, 15) is 18.4 Å². The first kappa shape index (κ1) is 21.7. The Morgan fingerprint density at radius 2 is 1.97 bits per heavy atom. The van der Waals surface area contributed by atoms with Crippen LogP contribution in [0, 0.1) is 18.7 Å². The number of furan rings is 1. The van der Waals surface area contributed by atoms with Gasteiger partial charge in [0.25, 0.3) is 5.91 Å². The molecule has 0 aliphatic carbocycles. The third-order valence-corrected chi connectivity index (χ3v) is 5.54. The monoisotopic (exact) mass is 442 g/mol. The lowest BCUT2D eigenvalue weighted by Gasteiger charge is -2.33. The number of halogens is 2. The molecule has 7 nitrogen and oxygen atoms in total. The molecule has 9 heteroatoms. The van der Waals surface area contributed by atoms with Crippen LogP contribution in [0.1, 0.15) is 41.7 Å². The molecule has 1 aliphatic rings. The Kier molecular flexibility index (Phi) is 5.82. The Hall–Kier alpha value is -3.49. The average Bonchev–Trinajstić information content (AvgIpc) is 3.05. The molecule has 2 aromatic heterocycles. The van der Waals surface area contributed by atoms with E-state index in [0.717, 1.165) is 5.56 Å². The van der Waals surface area contributed by atoms with Crippen LogP contribution in [0.2, 0.25) is 0 Å². The van der Waals surface area contributed by atoms with E-state index in [1.807, 2.05) is 20.8 Å². The molecule has 2 N–H and O–H groups in total. The van der Waals surface area contributed by atoms with Gasteiger partial charge in [-0.1, -0.05) is 13.8 Å². The third kappa shape index (κ3) is 4.28. The second-order valence-corrected chi connectivity index (χ2v) is 8.29. The van der Waals surface area contributed by atoms with Gasteiger partial charge in [0.15, 0.2) is 0 Å². The van der Waals surface area contributed by atoms with Crippen LogP contribution in [0.15, 0.2) is 40.9 Å². The van der Waals surface area contributed by atoms with Gasteiger partial charge in [-0.2, -0.15) is 0 Å². The topological polar surface area (TPSA) is 87.5 Å². The van der Waals surface area contributed by atoms with E-state index in [4.69, 9.17) is 4.42 Å². The van der Waals surface area contributed by atoms with Crippen LogP contribution in [0.3, 0.4) is 0 Å². The van der Waals surface area contributed by atoms with Gasteiger partial charge in [0.05, 0.1) is 31.0 Å². The minimum Gasteiger partial charge on any atom is -0.459 e. The number of rotatable bonds is 5. The van der Waals surface area contributed by atoms with Crippen LogP contribution in [0.5, 0.6) is 0 Å². The summed E-state index contributed by atoms with van der Waals surface area (Å²) in [6, 6.07) is 6.45. The number of urea groups is 1. The zero-order valence-electron chi connectivity index (χ0n) is 18.0. The maximum atomic E-state index is 13.6. The number of carbonyl (C=O) groups excluding carboxylic acids is 2. The van der Waals surface area contributed by atoms with Crippen LogP contribution in [-0.2, 0) is 0 Å². The highest BCUT2D eigenvalue weighted by molar-refractivity contribution is 5.94. The maximum Gasteiger partial charge on any atom is 0.319 e. The summed E-state index contributed by atoms with van der Waals surface area (Å²) < 4.78 is 32.5. The van der Waals surface area contributed by atoms with Crippen molar-refractivity contribution in [3.63, 3.8) is 0 Å². The highest BCUT2D eigenvalue weighted by Crippen LogP contribution is 2.33. The van der Waals surface area contributed by atoms with Crippen LogP contribution >= 0.6 is 0 Å². The summed E-state index contributed by atoms with van der Waals surface area (Å²) in [5, 5.41) is 6.25. The summed E-state index contributed by atoms with van der Waals surface area (Å²) in [5.74, 6) is -0.131. The quantitative estimate of drug-likeness (QED) is 0.605. The molecule has 168 valence electrons. The van der Waals surface area contributed by atoms with Crippen molar-refractivity contribution in [1.29, 1.82) is 0 Å². The van der Waals surface area contributed by atoms with E-state index in [2.05, 4.69) is 15.6 Å². The number of anilines is 1. The summed E-state index contributed by atoms with van der Waals surface area (Å²) >= 11 is 0. The minimum absolute atomic E-state index is 0.00108. The molecule has 32 heavy (non-hydrogen) atoms. The molecule has 3 aromatic rings. The zero-order chi connectivity index (χ0) is 23.0. The average molecular weight is 442 g/mol. The number of hydrogen-bond acceptors (Lipinski definition) is 4. The van der Waals surface area contributed by atoms with E-state index >= 15 is 0 Å². The Bertz CT molecular complexity index is 1150. The Balaban J connectivity index is 1.45. The summed E-state index contributed by atoms with van der Waals surface area (Å²) in [4.78, 5) is 30.3. The second kappa shape index (κ2) is 8.57. The number of alkyl halides is 1. The molecule has 1 atom stereocenters. The van der Waals surface area contributed by atoms with Crippen molar-refractivity contribution in [2.75, 3.05) is 18.4 Å². The molecule has 4 rings (SSSR count). The van der Waals surface area contributed by atoms with Crippen LogP contribution in [-0.4, -0.2) is 41.1 Å². The molecule has 3 amide bonds. The number of hydrogen-bond donors (Lipinski definition) is 2. The number of carbonyl (C=O) groups is 2. The van der Waals surface area contributed by atoms with E-state index in [1.165, 1.54) is 29.3 Å². The first-order valence-corrected chi connectivity index (χ1v) is 10.4. The Morgan fingerprint density at radius 1 is 1.22 bits per heavy atom. The number of aromatic nitrogens is 1. The third-order valence-electron chi connectivity index (χ3n) is 5.54. The predicted molar refractivity (Wildman–Crippen MR) is 116 cm³/mol. The predicted octanol–water partition coefficient (Wildman–Crippen LogP) is 4.59. The molecule has 1 aliphatic heterocycles. The van der Waals surface area contributed by atoms with Crippen molar-refractivity contribution in [2.45, 2.75) is 33.0 Å². The van der Waals surface area contributed by atoms with E-state index < -0.39 is 18.2 Å². The molecule has 0 spiro atoms. The van der Waals surface area contributed by atoms with Crippen molar-refractivity contribution < 1.29 is 22.8 Å². The standard InChI is InChI=1S/C23H24F2N4O3/c1-12(2)20(21-13(3)17-8-14(24)4-7-19(17)32-21)28-23(31)27-16-5-6-18(26-9-16)22(30)29-10-15(25)11-29/h4-9,12,15,20H,10-11H2,1-3H3,(H2,27,28,31). The molecule has 3 heterocycles. The minimum atomic E-state index is -0.980. The summed E-state index contributed by atoms with van der Waals surface area (Å²) in [7, 11) is 0. The molecule has 1 fully saturated rings. The normalized spacial score (nSPS) is 15.0. The van der Waals surface area contributed by atoms with Crippen molar-refractivity contribution in [3.8, 4) is 0 Å². The lowest BCUT2D eigenvalue weighted by Crippen LogP contribution is -2.51. The number of amides is 3. The van der Waals surface area contributed by atoms with Gasteiger partial charge in [0.2, 0.25) is 0 Å². The van der Waals surface area contributed by atoms with Crippen molar-refractivity contribution in [2.24, 2.45) is 5.92 Å². The van der Waals surface area contributed by atoms with Gasteiger partial charge in [-0.25, -0.2) is 18.6 Å². The first-order valence-electron chi connectivity index (χ1n) is 10.4. The Morgan fingerprint density at radius 3 is 2.59 bits per heavy atom. The van der Waals surface area contributed by atoms with Gasteiger partial charge < -0.3 is 20.0 Å². The number of nitrogens with one attached hydrogen (secondary N) is 2. The molecular weight excluding hydrogens is 418 g/mol. The first-order chi connectivity index (χ1) is 15.2. The molecule has 1 aromatic carbocycles. The molecular formula is C23H24F2N4O3. The van der Waals surface area contributed by atoms with Gasteiger partial charge >= 0.3 is 6.03 Å². The number of pyridine rings is 1. The van der Waals surface area contributed by atoms with Crippen LogP contribution in [0.25, 0.3) is 11.0 Å². The van der Waals surface area contributed by atoms with Gasteiger partial charge in [0.1, 0.15) is 29.0 Å². The SMILES string of the molecule is Cc1c(C(NC(=O)Nc2ccc(C(=O)N3CC(F)C3)nc2)C(C)C)oc2ccc(F)cc12. The fourth-order valence-corrected chi connectivity index (χ4v) is 3.70. The van der Waals surface area contributed by atoms with Gasteiger partial charge in [0, 0.05) is 10.9 Å². The number of nitrogens with zero attached hydrogens (tertiary/aromatic N) is 2. The van der Waals surface area contributed by atoms with Gasteiger partial charge in [-0.05, 0) is 43.2 Å². The molecule has 1 saturated heterocycles. The number of aryl methyl sites for hydroxylation is 1. The molecule has 0 saturated carbocycles. The fraction of sp³-hybridized carbons (Fsp3) is 0.348. The molecule has 1 unspecified atom stereocenters. The highest BCUT2D eigenvalue weighted by atomic mass is 19.1. The van der Waals surface area contributed by atoms with Crippen LogP contribution in [0.4, 0.5) is 19.3 Å². The fourth-order valence-electron chi connectivity index (χ4n) is 3.70. The van der Waals surface area contributed by atoms with Crippen LogP contribution < -0.4 is 10.6 Å². The molecule has 0 radical (unpaired) electrons. The van der Waals surface area contributed by atoms with E-state index in [0.29, 0.717) is 22.4 Å². The summed E-state index contributed by atoms with van der Waals surface area (Å²) in [5.41, 5.74) is 1.91. The van der Waals surface area contributed by atoms with Crippen molar-refractivity contribution in [3.05, 3.63) is 59.4 Å². The lowest BCUT2D eigenvalue weighted by molar-refractivity contribution is 0.0394. The second-order valence-electron chi connectivity index (χ2n) is 8.29. The van der Waals surface area contributed by atoms with Crippen molar-refractivity contribution >= 4 is 28.6 Å². The molecule has 0 bridgehead atoms. The number of fused-ring (bicyclic) bond motifs is 1. The Labute approximate surface area is 183 Å². The van der Waals surface area contributed by atoms with E-state index in [1.54, 1.807) is 12.1 Å². The van der Waals surface area contributed by atoms with Crippen molar-refractivity contribution in [1.82, 2.24) is 15.2 Å².